The van der Waals surface area contributed by atoms with Gasteiger partial charge >= 0.3 is 0 Å². The maximum atomic E-state index is 6.11. The van der Waals surface area contributed by atoms with Crippen molar-refractivity contribution >= 4 is 11.6 Å². The molecule has 2 unspecified atom stereocenters. The Kier molecular flexibility index (Phi) is 6.81. The zero-order valence-electron chi connectivity index (χ0n) is 13.0. The summed E-state index contributed by atoms with van der Waals surface area (Å²) in [5.41, 5.74) is 1.23. The van der Waals surface area contributed by atoms with Crippen molar-refractivity contribution in [3.8, 4) is 5.75 Å². The van der Waals surface area contributed by atoms with Crippen molar-refractivity contribution in [1.82, 2.24) is 5.32 Å². The van der Waals surface area contributed by atoms with Crippen LogP contribution >= 0.6 is 11.6 Å². The number of rotatable bonds is 7. The van der Waals surface area contributed by atoms with Crippen molar-refractivity contribution in [1.29, 1.82) is 0 Å². The minimum Gasteiger partial charge on any atom is -0.495 e. The van der Waals surface area contributed by atoms with Gasteiger partial charge in [-0.15, -0.1) is 0 Å². The van der Waals surface area contributed by atoms with Gasteiger partial charge < -0.3 is 14.8 Å². The molecule has 0 spiro atoms. The van der Waals surface area contributed by atoms with Gasteiger partial charge in [-0.25, -0.2) is 0 Å². The van der Waals surface area contributed by atoms with E-state index in [9.17, 15) is 0 Å². The van der Waals surface area contributed by atoms with Crippen molar-refractivity contribution in [3.63, 3.8) is 0 Å². The van der Waals surface area contributed by atoms with Crippen LogP contribution in [0.2, 0.25) is 5.02 Å². The fourth-order valence-electron chi connectivity index (χ4n) is 2.91. The number of halogens is 1. The molecule has 1 saturated heterocycles. The third-order valence-corrected chi connectivity index (χ3v) is 4.39. The number of methoxy groups -OCH3 is 1. The van der Waals surface area contributed by atoms with Gasteiger partial charge in [-0.3, -0.25) is 0 Å². The Hall–Kier alpha value is -0.770. The Morgan fingerprint density at radius 1 is 1.43 bits per heavy atom. The van der Waals surface area contributed by atoms with E-state index in [0.29, 0.717) is 17.2 Å². The molecule has 0 aliphatic carbocycles. The molecular formula is C17H26ClNO2. The van der Waals surface area contributed by atoms with Crippen molar-refractivity contribution in [3.05, 3.63) is 28.8 Å². The first-order chi connectivity index (χ1) is 10.2. The topological polar surface area (TPSA) is 30.5 Å². The van der Waals surface area contributed by atoms with E-state index < -0.39 is 0 Å². The van der Waals surface area contributed by atoms with E-state index in [1.54, 1.807) is 7.11 Å². The summed E-state index contributed by atoms with van der Waals surface area (Å²) >= 11 is 6.11. The summed E-state index contributed by atoms with van der Waals surface area (Å²) in [5, 5.41) is 4.21. The monoisotopic (exact) mass is 311 g/mol. The van der Waals surface area contributed by atoms with Crippen LogP contribution in [0.25, 0.3) is 0 Å². The standard InChI is InChI=1S/C17H26ClNO2/c1-3-19-16(10-8-14-6-4-5-11-21-14)13-7-9-15(18)17(12-13)20-2/h7,9,12,14,16,19H,3-6,8,10-11H2,1-2H3. The van der Waals surface area contributed by atoms with Crippen LogP contribution in [0.3, 0.4) is 0 Å². The third-order valence-electron chi connectivity index (χ3n) is 4.08. The number of nitrogens with one attached hydrogen (secondary N) is 1. The fourth-order valence-corrected chi connectivity index (χ4v) is 3.11. The van der Waals surface area contributed by atoms with Gasteiger partial charge in [0.1, 0.15) is 5.75 Å². The summed E-state index contributed by atoms with van der Waals surface area (Å²) in [7, 11) is 1.66. The van der Waals surface area contributed by atoms with E-state index in [4.69, 9.17) is 21.1 Å². The van der Waals surface area contributed by atoms with Crippen molar-refractivity contribution in [2.45, 2.75) is 51.2 Å². The summed E-state index contributed by atoms with van der Waals surface area (Å²) in [6, 6.07) is 6.36. The lowest BCUT2D eigenvalue weighted by Gasteiger charge is -2.25. The molecule has 2 rings (SSSR count). The largest absolute Gasteiger partial charge is 0.495 e. The summed E-state index contributed by atoms with van der Waals surface area (Å²) in [6.45, 7) is 4.00. The number of hydrogen-bond acceptors (Lipinski definition) is 3. The molecule has 21 heavy (non-hydrogen) atoms. The smallest absolute Gasteiger partial charge is 0.137 e. The molecule has 1 N–H and O–H groups in total. The van der Waals surface area contributed by atoms with E-state index in [1.165, 1.54) is 24.8 Å². The molecule has 1 heterocycles. The summed E-state index contributed by atoms with van der Waals surface area (Å²) in [5.74, 6) is 0.742. The lowest BCUT2D eigenvalue weighted by molar-refractivity contribution is 0.00856. The van der Waals surface area contributed by atoms with Crippen molar-refractivity contribution < 1.29 is 9.47 Å². The second kappa shape index (κ2) is 8.62. The van der Waals surface area contributed by atoms with Crippen LogP contribution in [0.5, 0.6) is 5.75 Å². The first-order valence-corrected chi connectivity index (χ1v) is 8.30. The third kappa shape index (κ3) is 4.87. The van der Waals surface area contributed by atoms with Gasteiger partial charge in [0.2, 0.25) is 0 Å². The fraction of sp³-hybridized carbons (Fsp3) is 0.647. The number of ether oxygens (including phenoxy) is 2. The summed E-state index contributed by atoms with van der Waals surface area (Å²) < 4.78 is 11.2. The first kappa shape index (κ1) is 16.6. The zero-order valence-corrected chi connectivity index (χ0v) is 13.8. The molecule has 0 bridgehead atoms. The molecule has 1 aliphatic heterocycles. The maximum absolute atomic E-state index is 6.11. The van der Waals surface area contributed by atoms with Gasteiger partial charge in [0, 0.05) is 12.6 Å². The Labute approximate surface area is 133 Å². The molecule has 2 atom stereocenters. The lowest BCUT2D eigenvalue weighted by atomic mass is 9.97. The zero-order chi connectivity index (χ0) is 15.1. The van der Waals surface area contributed by atoms with Crippen LogP contribution in [0.4, 0.5) is 0 Å². The molecule has 0 saturated carbocycles. The maximum Gasteiger partial charge on any atom is 0.137 e. The Morgan fingerprint density at radius 3 is 2.95 bits per heavy atom. The van der Waals surface area contributed by atoms with E-state index in [0.717, 1.165) is 31.7 Å². The van der Waals surface area contributed by atoms with E-state index in [1.807, 2.05) is 12.1 Å². The predicted octanol–water partition coefficient (Wildman–Crippen LogP) is 4.35. The van der Waals surface area contributed by atoms with Gasteiger partial charge in [0.05, 0.1) is 18.2 Å². The quantitative estimate of drug-likeness (QED) is 0.812. The van der Waals surface area contributed by atoms with Gasteiger partial charge in [0.25, 0.3) is 0 Å². The van der Waals surface area contributed by atoms with Crippen molar-refractivity contribution in [2.24, 2.45) is 0 Å². The van der Waals surface area contributed by atoms with Crippen LogP contribution < -0.4 is 10.1 Å². The molecule has 0 radical (unpaired) electrons. The number of hydrogen-bond donors (Lipinski definition) is 1. The van der Waals surface area contributed by atoms with Gasteiger partial charge in [-0.2, -0.15) is 0 Å². The van der Waals surface area contributed by atoms with Crippen LogP contribution in [-0.2, 0) is 4.74 Å². The average molecular weight is 312 g/mol. The average Bonchev–Trinajstić information content (AvgIpc) is 2.53. The Bertz CT molecular complexity index is 433. The highest BCUT2D eigenvalue weighted by Crippen LogP contribution is 2.30. The molecule has 0 amide bonds. The van der Waals surface area contributed by atoms with Gasteiger partial charge in [-0.05, 0) is 56.3 Å². The highest BCUT2D eigenvalue weighted by atomic mass is 35.5. The molecule has 1 aromatic rings. The van der Waals surface area contributed by atoms with E-state index >= 15 is 0 Å². The highest BCUT2D eigenvalue weighted by molar-refractivity contribution is 6.32. The summed E-state index contributed by atoms with van der Waals surface area (Å²) in [6.07, 6.45) is 6.30. The van der Waals surface area contributed by atoms with E-state index in [2.05, 4.69) is 18.3 Å². The van der Waals surface area contributed by atoms with Gasteiger partial charge in [-0.1, -0.05) is 24.6 Å². The first-order valence-electron chi connectivity index (χ1n) is 7.93. The molecule has 118 valence electrons. The van der Waals surface area contributed by atoms with Crippen molar-refractivity contribution in [2.75, 3.05) is 20.3 Å². The summed E-state index contributed by atoms with van der Waals surface area (Å²) in [4.78, 5) is 0. The molecule has 3 nitrogen and oxygen atoms in total. The molecule has 0 aromatic heterocycles. The SMILES string of the molecule is CCNC(CCC1CCCCO1)c1ccc(Cl)c(OC)c1. The van der Waals surface area contributed by atoms with Crippen LogP contribution in [0, 0.1) is 0 Å². The lowest BCUT2D eigenvalue weighted by Crippen LogP contribution is -2.25. The molecule has 1 aliphatic rings. The number of benzene rings is 1. The molecule has 4 heteroatoms. The van der Waals surface area contributed by atoms with Crippen LogP contribution in [0.1, 0.15) is 50.6 Å². The second-order valence-corrected chi connectivity index (χ2v) is 5.98. The molecule has 1 aromatic carbocycles. The minimum atomic E-state index is 0.326. The Morgan fingerprint density at radius 2 is 2.29 bits per heavy atom. The predicted molar refractivity (Wildman–Crippen MR) is 87.2 cm³/mol. The van der Waals surface area contributed by atoms with Crippen LogP contribution in [-0.4, -0.2) is 26.4 Å². The molecular weight excluding hydrogens is 286 g/mol. The molecule has 1 fully saturated rings. The van der Waals surface area contributed by atoms with E-state index in [-0.39, 0.29) is 0 Å². The van der Waals surface area contributed by atoms with Gasteiger partial charge in [0.15, 0.2) is 0 Å². The second-order valence-electron chi connectivity index (χ2n) is 5.57. The normalized spacial score (nSPS) is 20.2. The van der Waals surface area contributed by atoms with Crippen LogP contribution in [0.15, 0.2) is 18.2 Å². The highest BCUT2D eigenvalue weighted by Gasteiger charge is 2.18. The minimum absolute atomic E-state index is 0.326. The Balaban J connectivity index is 2.00.